The summed E-state index contributed by atoms with van der Waals surface area (Å²) in [6, 6.07) is 11.7. The summed E-state index contributed by atoms with van der Waals surface area (Å²) in [5, 5.41) is 10.9. The summed E-state index contributed by atoms with van der Waals surface area (Å²) in [4.78, 5) is 48.9. The number of esters is 2. The number of hydrogen-bond donors (Lipinski definition) is 0. The molecule has 1 aliphatic heterocycles. The van der Waals surface area contributed by atoms with E-state index >= 15 is 0 Å². The zero-order chi connectivity index (χ0) is 22.7. The zero-order valence-corrected chi connectivity index (χ0v) is 16.9. The van der Waals surface area contributed by atoms with Crippen LogP contribution in [0, 0.1) is 10.1 Å². The Morgan fingerprint density at radius 3 is 2.06 bits per heavy atom. The number of nitrogens with zero attached hydrogens (tertiary/aromatic N) is 2. The van der Waals surface area contributed by atoms with Crippen molar-refractivity contribution in [1.29, 1.82) is 0 Å². The smallest absolute Gasteiger partial charge is 0.340 e. The second-order valence-electron chi connectivity index (χ2n) is 6.54. The highest BCUT2D eigenvalue weighted by molar-refractivity contribution is 6.23. The van der Waals surface area contributed by atoms with E-state index in [1.165, 1.54) is 49.5 Å². The number of nitro benzene ring substituents is 1. The van der Waals surface area contributed by atoms with E-state index in [0.717, 1.165) is 0 Å². The number of non-ortho nitro benzene ring substituents is 1. The average Bonchev–Trinajstić information content (AvgIpc) is 3.02. The Morgan fingerprint density at radius 2 is 1.55 bits per heavy atom. The number of hydrogen-bond acceptors (Lipinski definition) is 7. The van der Waals surface area contributed by atoms with E-state index in [0.29, 0.717) is 22.5 Å². The molecule has 0 spiro atoms. The molecule has 0 saturated carbocycles. The van der Waals surface area contributed by atoms with Crippen LogP contribution in [0.4, 0.5) is 11.4 Å². The quantitative estimate of drug-likeness (QED) is 0.314. The second-order valence-corrected chi connectivity index (χ2v) is 6.54. The fourth-order valence-corrected chi connectivity index (χ4v) is 3.21. The molecular formula is C22H18N2O7. The molecule has 1 amide bonds. The standard InChI is InChI=1S/C22H18N2O7/c1-13-19(22(27)31-3)18(12-14-4-6-15(7-5-14)21(26)30-2)20(25)23(13)16-8-10-17(11-9-16)24(28)29/h4-12H,1-3H3/b18-12-. The molecule has 1 heterocycles. The van der Waals surface area contributed by atoms with Crippen LogP contribution in [0.1, 0.15) is 22.8 Å². The Hall–Kier alpha value is -4.27. The minimum Gasteiger partial charge on any atom is -0.465 e. The molecule has 31 heavy (non-hydrogen) atoms. The van der Waals surface area contributed by atoms with Crippen LogP contribution in [-0.2, 0) is 19.1 Å². The lowest BCUT2D eigenvalue weighted by Crippen LogP contribution is -2.24. The largest absolute Gasteiger partial charge is 0.465 e. The van der Waals surface area contributed by atoms with Gasteiger partial charge in [0.25, 0.3) is 11.6 Å². The van der Waals surface area contributed by atoms with Crippen LogP contribution in [0.25, 0.3) is 6.08 Å². The molecule has 9 heteroatoms. The van der Waals surface area contributed by atoms with Gasteiger partial charge in [0.15, 0.2) is 0 Å². The molecule has 0 N–H and O–H groups in total. The molecule has 0 saturated heterocycles. The third-order valence-electron chi connectivity index (χ3n) is 4.75. The van der Waals surface area contributed by atoms with E-state index in [4.69, 9.17) is 4.74 Å². The Morgan fingerprint density at radius 1 is 0.968 bits per heavy atom. The van der Waals surface area contributed by atoms with Gasteiger partial charge in [0.1, 0.15) is 0 Å². The van der Waals surface area contributed by atoms with Gasteiger partial charge in [-0.2, -0.15) is 0 Å². The highest BCUT2D eigenvalue weighted by Crippen LogP contribution is 2.36. The summed E-state index contributed by atoms with van der Waals surface area (Å²) in [5.74, 6) is -1.66. The first-order valence-electron chi connectivity index (χ1n) is 9.07. The van der Waals surface area contributed by atoms with Gasteiger partial charge in [-0.1, -0.05) is 12.1 Å². The number of rotatable bonds is 5. The molecule has 9 nitrogen and oxygen atoms in total. The van der Waals surface area contributed by atoms with Gasteiger partial charge in [-0.25, -0.2) is 9.59 Å². The molecule has 3 rings (SSSR count). The van der Waals surface area contributed by atoms with E-state index in [2.05, 4.69) is 4.74 Å². The van der Waals surface area contributed by atoms with Crippen molar-refractivity contribution in [2.45, 2.75) is 6.92 Å². The fourth-order valence-electron chi connectivity index (χ4n) is 3.21. The molecule has 1 aliphatic rings. The van der Waals surface area contributed by atoms with E-state index in [1.54, 1.807) is 31.2 Å². The monoisotopic (exact) mass is 422 g/mol. The van der Waals surface area contributed by atoms with E-state index in [1.807, 2.05) is 0 Å². The van der Waals surface area contributed by atoms with Gasteiger partial charge in [-0.3, -0.25) is 19.8 Å². The molecular weight excluding hydrogens is 404 g/mol. The van der Waals surface area contributed by atoms with E-state index in [9.17, 15) is 24.5 Å². The Kier molecular flexibility index (Phi) is 5.96. The lowest BCUT2D eigenvalue weighted by Gasteiger charge is -2.17. The third kappa shape index (κ3) is 4.06. The van der Waals surface area contributed by atoms with Gasteiger partial charge in [0.2, 0.25) is 0 Å². The van der Waals surface area contributed by atoms with Crippen molar-refractivity contribution in [1.82, 2.24) is 0 Å². The van der Waals surface area contributed by atoms with Crippen molar-refractivity contribution in [3.63, 3.8) is 0 Å². The van der Waals surface area contributed by atoms with Crippen LogP contribution < -0.4 is 4.90 Å². The van der Waals surface area contributed by atoms with Crippen molar-refractivity contribution >= 4 is 35.3 Å². The number of anilines is 1. The number of carbonyl (C=O) groups excluding carboxylic acids is 3. The van der Waals surface area contributed by atoms with Crippen LogP contribution >= 0.6 is 0 Å². The van der Waals surface area contributed by atoms with Crippen molar-refractivity contribution < 1.29 is 28.8 Å². The number of methoxy groups -OCH3 is 2. The first-order chi connectivity index (χ1) is 14.8. The molecule has 0 bridgehead atoms. The van der Waals surface area contributed by atoms with Crippen LogP contribution in [0.5, 0.6) is 0 Å². The maximum Gasteiger partial charge on any atom is 0.340 e. The zero-order valence-electron chi connectivity index (χ0n) is 16.9. The fraction of sp³-hybridized carbons (Fsp3) is 0.136. The Labute approximate surface area is 177 Å². The summed E-state index contributed by atoms with van der Waals surface area (Å²) >= 11 is 0. The molecule has 2 aromatic rings. The van der Waals surface area contributed by atoms with Crippen LogP contribution in [0.15, 0.2) is 65.4 Å². The van der Waals surface area contributed by atoms with Gasteiger partial charge >= 0.3 is 11.9 Å². The predicted molar refractivity (Wildman–Crippen MR) is 111 cm³/mol. The SMILES string of the molecule is COC(=O)C1=C(C)N(c2ccc([N+](=O)[O-])cc2)C(=O)/C1=C\c1ccc(C(=O)OC)cc1. The minimum atomic E-state index is -0.687. The Balaban J connectivity index is 2.05. The Bertz CT molecular complexity index is 1130. The number of carbonyl (C=O) groups is 3. The minimum absolute atomic E-state index is 0.0860. The molecule has 0 radical (unpaired) electrons. The molecule has 158 valence electrons. The second kappa shape index (κ2) is 8.62. The lowest BCUT2D eigenvalue weighted by molar-refractivity contribution is -0.384. The number of amides is 1. The number of ether oxygens (including phenoxy) is 2. The molecule has 2 aromatic carbocycles. The van der Waals surface area contributed by atoms with Gasteiger partial charge < -0.3 is 9.47 Å². The van der Waals surface area contributed by atoms with Crippen molar-refractivity contribution in [2.24, 2.45) is 0 Å². The topological polar surface area (TPSA) is 116 Å². The van der Waals surface area contributed by atoms with Crippen LogP contribution in [0.2, 0.25) is 0 Å². The summed E-state index contributed by atoms with van der Waals surface area (Å²) in [5.41, 5.74) is 1.70. The van der Waals surface area contributed by atoms with Gasteiger partial charge in [-0.15, -0.1) is 0 Å². The summed E-state index contributed by atoms with van der Waals surface area (Å²) < 4.78 is 9.52. The molecule has 0 atom stereocenters. The highest BCUT2D eigenvalue weighted by Gasteiger charge is 2.38. The van der Waals surface area contributed by atoms with Crippen molar-refractivity contribution in [2.75, 3.05) is 19.1 Å². The summed E-state index contributed by atoms with van der Waals surface area (Å²) in [7, 11) is 2.49. The third-order valence-corrected chi connectivity index (χ3v) is 4.75. The van der Waals surface area contributed by atoms with Crippen LogP contribution in [0.3, 0.4) is 0 Å². The number of nitro groups is 1. The molecule has 0 aromatic heterocycles. The molecule has 0 aliphatic carbocycles. The van der Waals surface area contributed by atoms with E-state index in [-0.39, 0.29) is 16.8 Å². The molecule has 0 fully saturated rings. The van der Waals surface area contributed by atoms with Crippen LogP contribution in [-0.4, -0.2) is 37.0 Å². The maximum absolute atomic E-state index is 13.2. The van der Waals surface area contributed by atoms with Crippen molar-refractivity contribution in [3.05, 3.63) is 86.6 Å². The van der Waals surface area contributed by atoms with Gasteiger partial charge in [0.05, 0.1) is 35.9 Å². The predicted octanol–water partition coefficient (Wildman–Crippen LogP) is 3.26. The van der Waals surface area contributed by atoms with Gasteiger partial charge in [-0.05, 0) is 42.8 Å². The number of allylic oxidation sites excluding steroid dienone is 1. The first kappa shape index (κ1) is 21.4. The summed E-state index contributed by atoms with van der Waals surface area (Å²) in [6.45, 7) is 1.59. The van der Waals surface area contributed by atoms with Crippen molar-refractivity contribution in [3.8, 4) is 0 Å². The van der Waals surface area contributed by atoms with E-state index < -0.39 is 22.8 Å². The number of benzene rings is 2. The molecule has 0 unspecified atom stereocenters. The summed E-state index contributed by atoms with van der Waals surface area (Å²) in [6.07, 6.45) is 1.52. The first-order valence-corrected chi connectivity index (χ1v) is 9.07. The average molecular weight is 422 g/mol. The normalized spacial score (nSPS) is 14.7. The maximum atomic E-state index is 13.2. The van der Waals surface area contributed by atoms with Gasteiger partial charge in [0, 0.05) is 23.5 Å². The lowest BCUT2D eigenvalue weighted by atomic mass is 10.0. The highest BCUT2D eigenvalue weighted by atomic mass is 16.6.